The maximum Gasteiger partial charge on any atom is 0.321 e. The van der Waals surface area contributed by atoms with Gasteiger partial charge in [-0.15, -0.1) is 0 Å². The summed E-state index contributed by atoms with van der Waals surface area (Å²) < 4.78 is 10.1. The number of hydrogen-bond acceptors (Lipinski definition) is 6. The van der Waals surface area contributed by atoms with E-state index in [1.54, 1.807) is 25.4 Å². The molecule has 0 saturated carbocycles. The third kappa shape index (κ3) is 2.42. The average Bonchev–Trinajstić information content (AvgIpc) is 2.37. The molecule has 0 aliphatic carbocycles. The molecule has 0 unspecified atom stereocenters. The quantitative estimate of drug-likeness (QED) is 0.826. The molecule has 17 heavy (non-hydrogen) atoms. The highest BCUT2D eigenvalue weighted by atomic mass is 35.5. The van der Waals surface area contributed by atoms with Gasteiger partial charge in [-0.3, -0.25) is 0 Å². The van der Waals surface area contributed by atoms with Gasteiger partial charge in [-0.25, -0.2) is 4.98 Å². The topological polar surface area (TPSA) is 70.0 Å². The number of halogens is 1. The van der Waals surface area contributed by atoms with Crippen LogP contribution in [-0.2, 0) is 0 Å². The van der Waals surface area contributed by atoms with Crippen LogP contribution in [0.4, 0.5) is 0 Å². The van der Waals surface area contributed by atoms with Gasteiger partial charge in [-0.05, 0) is 23.7 Å². The van der Waals surface area contributed by atoms with Crippen molar-refractivity contribution >= 4 is 11.6 Å². The molecule has 0 aromatic carbocycles. The lowest BCUT2D eigenvalue weighted by atomic mass is 10.3. The summed E-state index contributed by atoms with van der Waals surface area (Å²) in [6, 6.07) is 3.64. The second-order valence-electron chi connectivity index (χ2n) is 2.97. The van der Waals surface area contributed by atoms with Crippen molar-refractivity contribution in [3.8, 4) is 23.3 Å². The molecule has 0 radical (unpaired) electrons. The molecule has 0 fully saturated rings. The standard InChI is InChI=1S/C10H9ClN4O2/c1-16-6-4-3-5-12-7(6)8-13-9(11)15-10(14-8)17-2/h3-5H,1-2H3. The van der Waals surface area contributed by atoms with E-state index in [-0.39, 0.29) is 11.3 Å². The summed E-state index contributed by atoms with van der Waals surface area (Å²) in [5, 5.41) is 0.0413. The van der Waals surface area contributed by atoms with Crippen molar-refractivity contribution in [3.63, 3.8) is 0 Å². The van der Waals surface area contributed by atoms with Crippen molar-refractivity contribution in [3.05, 3.63) is 23.6 Å². The Balaban J connectivity index is 2.55. The Morgan fingerprint density at radius 3 is 2.65 bits per heavy atom. The van der Waals surface area contributed by atoms with Crippen molar-refractivity contribution in [1.82, 2.24) is 19.9 Å². The van der Waals surface area contributed by atoms with Gasteiger partial charge in [0.15, 0.2) is 5.82 Å². The van der Waals surface area contributed by atoms with E-state index >= 15 is 0 Å². The molecule has 0 N–H and O–H groups in total. The van der Waals surface area contributed by atoms with Gasteiger partial charge in [-0.1, -0.05) is 0 Å². The second-order valence-corrected chi connectivity index (χ2v) is 3.31. The van der Waals surface area contributed by atoms with E-state index in [0.717, 1.165) is 0 Å². The highest BCUT2D eigenvalue weighted by Gasteiger charge is 2.13. The highest BCUT2D eigenvalue weighted by molar-refractivity contribution is 6.28. The van der Waals surface area contributed by atoms with Crippen LogP contribution in [0.1, 0.15) is 0 Å². The molecule has 0 bridgehead atoms. The summed E-state index contributed by atoms with van der Waals surface area (Å²) in [6.45, 7) is 0. The number of ether oxygens (including phenoxy) is 2. The number of rotatable bonds is 3. The van der Waals surface area contributed by atoms with Crippen LogP contribution in [0.5, 0.6) is 11.8 Å². The molecule has 2 rings (SSSR count). The van der Waals surface area contributed by atoms with Crippen LogP contribution in [0.3, 0.4) is 0 Å². The van der Waals surface area contributed by atoms with Gasteiger partial charge in [0.1, 0.15) is 11.4 Å². The number of nitrogens with zero attached hydrogens (tertiary/aromatic N) is 4. The third-order valence-corrected chi connectivity index (χ3v) is 2.14. The molecule has 2 heterocycles. The molecule has 6 nitrogen and oxygen atoms in total. The molecule has 2 aromatic rings. The Labute approximate surface area is 103 Å². The molecule has 2 aromatic heterocycles. The molecular formula is C10H9ClN4O2. The molecule has 0 aliphatic heterocycles. The van der Waals surface area contributed by atoms with Gasteiger partial charge in [0.25, 0.3) is 0 Å². The largest absolute Gasteiger partial charge is 0.494 e. The zero-order valence-electron chi connectivity index (χ0n) is 9.22. The maximum atomic E-state index is 5.76. The molecule has 0 spiro atoms. The van der Waals surface area contributed by atoms with Gasteiger partial charge >= 0.3 is 6.01 Å². The van der Waals surface area contributed by atoms with Crippen LogP contribution in [0, 0.1) is 0 Å². The van der Waals surface area contributed by atoms with Crippen molar-refractivity contribution in [1.29, 1.82) is 0 Å². The number of hydrogen-bond donors (Lipinski definition) is 0. The second kappa shape index (κ2) is 4.92. The van der Waals surface area contributed by atoms with Crippen molar-refractivity contribution in [2.45, 2.75) is 0 Å². The number of methoxy groups -OCH3 is 2. The van der Waals surface area contributed by atoms with Gasteiger partial charge in [-0.2, -0.15) is 15.0 Å². The monoisotopic (exact) mass is 252 g/mol. The van der Waals surface area contributed by atoms with E-state index < -0.39 is 0 Å². The fraction of sp³-hybridized carbons (Fsp3) is 0.200. The lowest BCUT2D eigenvalue weighted by Crippen LogP contribution is -2.00. The summed E-state index contributed by atoms with van der Waals surface area (Å²) in [5.41, 5.74) is 0.484. The SMILES string of the molecule is COc1nc(Cl)nc(-c2ncccc2OC)n1. The molecule has 88 valence electrons. The summed E-state index contributed by atoms with van der Waals surface area (Å²) in [5.74, 6) is 0.858. The lowest BCUT2D eigenvalue weighted by molar-refractivity contribution is 0.378. The summed E-state index contributed by atoms with van der Waals surface area (Å²) in [6.07, 6.45) is 1.61. The van der Waals surface area contributed by atoms with E-state index in [0.29, 0.717) is 17.3 Å². The third-order valence-electron chi connectivity index (χ3n) is 1.97. The van der Waals surface area contributed by atoms with E-state index in [2.05, 4.69) is 19.9 Å². The van der Waals surface area contributed by atoms with Gasteiger partial charge in [0.2, 0.25) is 5.28 Å². The summed E-state index contributed by atoms with van der Waals surface area (Å²) >= 11 is 5.76. The lowest BCUT2D eigenvalue weighted by Gasteiger charge is -2.06. The maximum absolute atomic E-state index is 5.76. The zero-order valence-corrected chi connectivity index (χ0v) is 9.97. The minimum Gasteiger partial charge on any atom is -0.494 e. The fourth-order valence-electron chi connectivity index (χ4n) is 1.25. The Hall–Kier alpha value is -1.95. The molecular weight excluding hydrogens is 244 g/mol. The first-order valence-corrected chi connectivity index (χ1v) is 5.07. The molecule has 0 amide bonds. The highest BCUT2D eigenvalue weighted by Crippen LogP contribution is 2.25. The van der Waals surface area contributed by atoms with Crippen molar-refractivity contribution in [2.75, 3.05) is 14.2 Å². The van der Waals surface area contributed by atoms with Crippen LogP contribution in [0.25, 0.3) is 11.5 Å². The van der Waals surface area contributed by atoms with E-state index in [9.17, 15) is 0 Å². The van der Waals surface area contributed by atoms with Gasteiger partial charge in [0, 0.05) is 6.20 Å². The van der Waals surface area contributed by atoms with Gasteiger partial charge in [0.05, 0.1) is 14.2 Å². The van der Waals surface area contributed by atoms with Crippen LogP contribution >= 0.6 is 11.6 Å². The van der Waals surface area contributed by atoms with E-state index in [1.807, 2.05) is 0 Å². The first kappa shape index (κ1) is 11.5. The van der Waals surface area contributed by atoms with E-state index in [4.69, 9.17) is 21.1 Å². The first-order chi connectivity index (χ1) is 8.24. The van der Waals surface area contributed by atoms with Crippen LogP contribution < -0.4 is 9.47 Å². The summed E-state index contributed by atoms with van der Waals surface area (Å²) in [7, 11) is 2.99. The Kier molecular flexibility index (Phi) is 3.34. The van der Waals surface area contributed by atoms with E-state index in [1.165, 1.54) is 7.11 Å². The summed E-state index contributed by atoms with van der Waals surface area (Å²) in [4.78, 5) is 16.0. The molecule has 0 atom stereocenters. The van der Waals surface area contributed by atoms with Gasteiger partial charge < -0.3 is 9.47 Å². The number of aromatic nitrogens is 4. The fourth-order valence-corrected chi connectivity index (χ4v) is 1.40. The molecule has 0 aliphatic rings. The predicted octanol–water partition coefficient (Wildman–Crippen LogP) is 1.60. The minimum absolute atomic E-state index is 0.0413. The van der Waals surface area contributed by atoms with Crippen LogP contribution in [0.2, 0.25) is 5.28 Å². The Morgan fingerprint density at radius 1 is 1.12 bits per heavy atom. The first-order valence-electron chi connectivity index (χ1n) is 4.69. The minimum atomic E-state index is 0.0413. The zero-order chi connectivity index (χ0) is 12.3. The van der Waals surface area contributed by atoms with Crippen molar-refractivity contribution < 1.29 is 9.47 Å². The Bertz CT molecular complexity index is 535. The van der Waals surface area contributed by atoms with Crippen LogP contribution in [-0.4, -0.2) is 34.2 Å². The average molecular weight is 253 g/mol. The molecule has 0 saturated heterocycles. The Morgan fingerprint density at radius 2 is 1.94 bits per heavy atom. The van der Waals surface area contributed by atoms with Crippen molar-refractivity contribution in [2.24, 2.45) is 0 Å². The van der Waals surface area contributed by atoms with Crippen LogP contribution in [0.15, 0.2) is 18.3 Å². The molecule has 7 heteroatoms. The normalized spacial score (nSPS) is 10.1. The predicted molar refractivity (Wildman–Crippen MR) is 61.2 cm³/mol. The smallest absolute Gasteiger partial charge is 0.321 e. The number of pyridine rings is 1.